The molecule has 0 saturated carbocycles. The van der Waals surface area contributed by atoms with Gasteiger partial charge in [0.05, 0.1) is 0 Å². The lowest BCUT2D eigenvalue weighted by Crippen LogP contribution is -2.14. The molecule has 0 unspecified atom stereocenters. The van der Waals surface area contributed by atoms with Gasteiger partial charge in [0.15, 0.2) is 0 Å². The fraction of sp³-hybridized carbons (Fsp3) is 0.300. The monoisotopic (exact) mass is 178 g/mol. The third kappa shape index (κ3) is 2.78. The predicted octanol–water partition coefficient (Wildman–Crippen LogP) is 1.59. The van der Waals surface area contributed by atoms with Crippen LogP contribution in [0.3, 0.4) is 0 Å². The third-order valence-electron chi connectivity index (χ3n) is 1.80. The summed E-state index contributed by atoms with van der Waals surface area (Å²) in [5, 5.41) is 11.3. The van der Waals surface area contributed by atoms with Crippen LogP contribution in [0.15, 0.2) is 23.4 Å². The minimum atomic E-state index is 0.241. The summed E-state index contributed by atoms with van der Waals surface area (Å²) < 4.78 is 0. The van der Waals surface area contributed by atoms with Crippen LogP contribution >= 0.6 is 0 Å². The van der Waals surface area contributed by atoms with Crippen molar-refractivity contribution < 1.29 is 5.21 Å². The van der Waals surface area contributed by atoms with E-state index in [4.69, 9.17) is 10.9 Å². The molecule has 0 aliphatic rings. The van der Waals surface area contributed by atoms with Crippen LogP contribution in [-0.4, -0.2) is 11.0 Å². The standard InChI is InChI=1S/C10H14N2O/c1-7-3-8(2)5-9(4-7)6-10(11)12-13/h3-5,13H,6H2,1-2H3,(H2,11,12). The Balaban J connectivity index is 2.89. The number of rotatable bonds is 2. The van der Waals surface area contributed by atoms with Gasteiger partial charge >= 0.3 is 0 Å². The molecule has 0 aliphatic heterocycles. The zero-order valence-electron chi connectivity index (χ0n) is 7.91. The van der Waals surface area contributed by atoms with Gasteiger partial charge in [-0.1, -0.05) is 34.5 Å². The highest BCUT2D eigenvalue weighted by molar-refractivity contribution is 5.82. The molecule has 70 valence electrons. The molecule has 0 fully saturated rings. The van der Waals surface area contributed by atoms with Gasteiger partial charge in [0.25, 0.3) is 0 Å². The van der Waals surface area contributed by atoms with Crippen LogP contribution in [0.2, 0.25) is 0 Å². The Morgan fingerprint density at radius 1 is 1.31 bits per heavy atom. The van der Waals surface area contributed by atoms with E-state index < -0.39 is 0 Å². The van der Waals surface area contributed by atoms with Crippen molar-refractivity contribution in [2.75, 3.05) is 0 Å². The summed E-state index contributed by atoms with van der Waals surface area (Å²) in [7, 11) is 0. The molecule has 0 saturated heterocycles. The van der Waals surface area contributed by atoms with Crippen LogP contribution in [0.4, 0.5) is 0 Å². The molecule has 0 spiro atoms. The summed E-state index contributed by atoms with van der Waals surface area (Å²) in [5.74, 6) is 0.241. The number of oxime groups is 1. The second kappa shape index (κ2) is 3.94. The third-order valence-corrected chi connectivity index (χ3v) is 1.80. The molecule has 1 aromatic carbocycles. The van der Waals surface area contributed by atoms with E-state index in [-0.39, 0.29) is 5.84 Å². The Morgan fingerprint density at radius 2 is 1.85 bits per heavy atom. The van der Waals surface area contributed by atoms with Gasteiger partial charge in [-0.15, -0.1) is 0 Å². The van der Waals surface area contributed by atoms with Gasteiger partial charge in [-0.3, -0.25) is 0 Å². The van der Waals surface area contributed by atoms with Crippen LogP contribution in [0.1, 0.15) is 16.7 Å². The lowest BCUT2D eigenvalue weighted by molar-refractivity contribution is 0.317. The molecule has 0 heterocycles. The number of amidine groups is 1. The zero-order valence-corrected chi connectivity index (χ0v) is 7.91. The number of hydrogen-bond acceptors (Lipinski definition) is 2. The van der Waals surface area contributed by atoms with Crippen molar-refractivity contribution in [1.82, 2.24) is 0 Å². The molecule has 0 bridgehead atoms. The molecular weight excluding hydrogens is 164 g/mol. The molecule has 3 N–H and O–H groups in total. The number of hydrogen-bond donors (Lipinski definition) is 2. The topological polar surface area (TPSA) is 58.6 Å². The molecule has 0 radical (unpaired) electrons. The fourth-order valence-electron chi connectivity index (χ4n) is 1.42. The first-order valence-electron chi connectivity index (χ1n) is 4.15. The highest BCUT2D eigenvalue weighted by Gasteiger charge is 1.98. The lowest BCUT2D eigenvalue weighted by atomic mass is 10.0. The molecule has 0 amide bonds. The fourth-order valence-corrected chi connectivity index (χ4v) is 1.42. The number of aryl methyl sites for hydroxylation is 2. The Morgan fingerprint density at radius 3 is 2.31 bits per heavy atom. The number of benzene rings is 1. The van der Waals surface area contributed by atoms with Crippen LogP contribution in [-0.2, 0) is 6.42 Å². The second-order valence-corrected chi connectivity index (χ2v) is 3.26. The first-order chi connectivity index (χ1) is 6.11. The maximum atomic E-state index is 8.40. The van der Waals surface area contributed by atoms with Gasteiger partial charge in [-0.05, 0) is 19.4 Å². The Bertz CT molecular complexity index is 311. The van der Waals surface area contributed by atoms with E-state index in [0.717, 1.165) is 5.56 Å². The van der Waals surface area contributed by atoms with Crippen molar-refractivity contribution in [3.05, 3.63) is 34.9 Å². The summed E-state index contributed by atoms with van der Waals surface area (Å²) >= 11 is 0. The summed E-state index contributed by atoms with van der Waals surface area (Å²) in [5.41, 5.74) is 8.87. The molecule has 1 rings (SSSR count). The Hall–Kier alpha value is -1.51. The lowest BCUT2D eigenvalue weighted by Gasteiger charge is -2.03. The van der Waals surface area contributed by atoms with E-state index in [1.807, 2.05) is 26.0 Å². The van der Waals surface area contributed by atoms with Gasteiger partial charge in [-0.25, -0.2) is 0 Å². The van der Waals surface area contributed by atoms with Gasteiger partial charge in [0.2, 0.25) is 0 Å². The van der Waals surface area contributed by atoms with E-state index in [9.17, 15) is 0 Å². The van der Waals surface area contributed by atoms with E-state index in [0.29, 0.717) is 6.42 Å². The predicted molar refractivity (Wildman–Crippen MR) is 53.0 cm³/mol. The van der Waals surface area contributed by atoms with E-state index in [1.165, 1.54) is 11.1 Å². The number of nitrogens with zero attached hydrogens (tertiary/aromatic N) is 1. The smallest absolute Gasteiger partial charge is 0.143 e. The molecule has 3 nitrogen and oxygen atoms in total. The van der Waals surface area contributed by atoms with Gasteiger partial charge in [-0.2, -0.15) is 0 Å². The van der Waals surface area contributed by atoms with Gasteiger partial charge in [0.1, 0.15) is 5.84 Å². The normalized spacial score (nSPS) is 11.7. The molecule has 0 aliphatic carbocycles. The average molecular weight is 178 g/mol. The Kier molecular flexibility index (Phi) is 2.90. The van der Waals surface area contributed by atoms with E-state index in [2.05, 4.69) is 11.2 Å². The van der Waals surface area contributed by atoms with Gasteiger partial charge < -0.3 is 10.9 Å². The second-order valence-electron chi connectivity index (χ2n) is 3.26. The van der Waals surface area contributed by atoms with Crippen molar-refractivity contribution in [1.29, 1.82) is 0 Å². The molecule has 3 heteroatoms. The average Bonchev–Trinajstić information content (AvgIpc) is 2.02. The van der Waals surface area contributed by atoms with Crippen molar-refractivity contribution in [2.45, 2.75) is 20.3 Å². The number of nitrogens with two attached hydrogens (primary N) is 1. The molecule has 0 aromatic heterocycles. The Labute approximate surface area is 77.9 Å². The first kappa shape index (κ1) is 9.58. The summed E-state index contributed by atoms with van der Waals surface area (Å²) in [6.07, 6.45) is 0.499. The van der Waals surface area contributed by atoms with E-state index in [1.54, 1.807) is 0 Å². The zero-order chi connectivity index (χ0) is 9.84. The van der Waals surface area contributed by atoms with Crippen molar-refractivity contribution in [3.8, 4) is 0 Å². The quantitative estimate of drug-likeness (QED) is 0.313. The minimum absolute atomic E-state index is 0.241. The highest BCUT2D eigenvalue weighted by atomic mass is 16.4. The summed E-state index contributed by atoms with van der Waals surface area (Å²) in [6, 6.07) is 6.16. The van der Waals surface area contributed by atoms with Crippen LogP contribution in [0, 0.1) is 13.8 Å². The maximum absolute atomic E-state index is 8.40. The largest absolute Gasteiger partial charge is 0.409 e. The molecule has 0 atom stereocenters. The molecule has 13 heavy (non-hydrogen) atoms. The van der Waals surface area contributed by atoms with Crippen molar-refractivity contribution in [2.24, 2.45) is 10.9 Å². The summed E-state index contributed by atoms with van der Waals surface area (Å²) in [6.45, 7) is 4.06. The van der Waals surface area contributed by atoms with Gasteiger partial charge in [0, 0.05) is 6.42 Å². The van der Waals surface area contributed by atoms with Crippen LogP contribution in [0.5, 0.6) is 0 Å². The summed E-state index contributed by atoms with van der Waals surface area (Å²) in [4.78, 5) is 0. The first-order valence-corrected chi connectivity index (χ1v) is 4.15. The van der Waals surface area contributed by atoms with Crippen molar-refractivity contribution >= 4 is 5.84 Å². The SMILES string of the molecule is Cc1cc(C)cc(C/C(N)=N\O)c1. The van der Waals surface area contributed by atoms with Crippen molar-refractivity contribution in [3.63, 3.8) is 0 Å². The van der Waals surface area contributed by atoms with Crippen LogP contribution < -0.4 is 5.73 Å². The maximum Gasteiger partial charge on any atom is 0.143 e. The minimum Gasteiger partial charge on any atom is -0.409 e. The molecular formula is C10H14N2O. The molecule has 1 aromatic rings. The van der Waals surface area contributed by atoms with E-state index >= 15 is 0 Å². The van der Waals surface area contributed by atoms with Crippen LogP contribution in [0.25, 0.3) is 0 Å². The highest BCUT2D eigenvalue weighted by Crippen LogP contribution is 2.09.